The molecule has 0 bridgehead atoms. The molecule has 0 unspecified atom stereocenters. The number of hydrogen-bond donors (Lipinski definition) is 1. The Kier molecular flexibility index (Phi) is 2.38. The van der Waals surface area contributed by atoms with Crippen LogP contribution in [0.25, 0.3) is 16.8 Å². The Hall–Kier alpha value is -1.90. The minimum atomic E-state index is -0.945. The van der Waals surface area contributed by atoms with Crippen LogP contribution in [0.2, 0.25) is 0 Å². The molecule has 16 heavy (non-hydrogen) atoms. The van der Waals surface area contributed by atoms with Gasteiger partial charge in [-0.3, -0.25) is 0 Å². The third-order valence-electron chi connectivity index (χ3n) is 2.56. The summed E-state index contributed by atoms with van der Waals surface area (Å²) >= 11 is 0. The van der Waals surface area contributed by atoms with E-state index >= 15 is 0 Å². The largest absolute Gasteiger partial charge is 0.508 e. The van der Waals surface area contributed by atoms with Gasteiger partial charge in [0, 0.05) is 5.39 Å². The van der Waals surface area contributed by atoms with Crippen molar-refractivity contribution in [2.45, 2.75) is 6.92 Å². The van der Waals surface area contributed by atoms with Gasteiger partial charge in [-0.15, -0.1) is 0 Å². The summed E-state index contributed by atoms with van der Waals surface area (Å²) in [5.41, 5.74) is 1.20. The number of rotatable bonds is 1. The average Bonchev–Trinajstić information content (AvgIpc) is 2.23. The normalized spacial score (nSPS) is 10.7. The number of aryl methyl sites for hydroxylation is 1. The van der Waals surface area contributed by atoms with E-state index in [1.165, 1.54) is 18.2 Å². The molecule has 0 aliphatic heterocycles. The molecule has 2 rings (SSSR count). The topological polar surface area (TPSA) is 20.2 Å². The molecular weight excluding hydrogens is 210 g/mol. The van der Waals surface area contributed by atoms with Gasteiger partial charge in [-0.1, -0.05) is 12.7 Å². The van der Waals surface area contributed by atoms with Crippen molar-refractivity contribution in [2.75, 3.05) is 0 Å². The molecule has 0 radical (unpaired) electrons. The Labute approximate surface area is 91.6 Å². The van der Waals surface area contributed by atoms with Crippen molar-refractivity contribution in [2.24, 2.45) is 0 Å². The quantitative estimate of drug-likeness (QED) is 0.775. The molecule has 0 heterocycles. The molecule has 0 atom stereocenters. The van der Waals surface area contributed by atoms with Crippen molar-refractivity contribution in [3.05, 3.63) is 47.5 Å². The van der Waals surface area contributed by atoms with E-state index in [1.807, 2.05) is 0 Å². The van der Waals surface area contributed by atoms with Gasteiger partial charge in [-0.25, -0.2) is 8.78 Å². The van der Waals surface area contributed by atoms with Gasteiger partial charge >= 0.3 is 0 Å². The maximum absolute atomic E-state index is 13.6. The maximum Gasteiger partial charge on any atom is 0.166 e. The van der Waals surface area contributed by atoms with Gasteiger partial charge in [0.05, 0.1) is 0 Å². The van der Waals surface area contributed by atoms with Crippen LogP contribution in [0.5, 0.6) is 5.75 Å². The van der Waals surface area contributed by atoms with Crippen LogP contribution in [0.4, 0.5) is 8.78 Å². The smallest absolute Gasteiger partial charge is 0.166 e. The number of benzene rings is 2. The fourth-order valence-electron chi connectivity index (χ4n) is 1.89. The zero-order valence-corrected chi connectivity index (χ0v) is 8.72. The fourth-order valence-corrected chi connectivity index (χ4v) is 1.89. The number of halogens is 2. The lowest BCUT2D eigenvalue weighted by molar-refractivity contribution is 0.474. The standard InChI is InChI=1S/C13H10F2O/c1-3-8-5-11(14)13(15)10-6-9(16)4-7(2)12(8)10/h3-6,16H,1H2,2H3. The first kappa shape index (κ1) is 10.6. The molecule has 1 N–H and O–H groups in total. The van der Waals surface area contributed by atoms with Crippen molar-refractivity contribution in [1.82, 2.24) is 0 Å². The first-order valence-corrected chi connectivity index (χ1v) is 4.78. The van der Waals surface area contributed by atoms with E-state index in [4.69, 9.17) is 0 Å². The first-order chi connectivity index (χ1) is 7.54. The predicted molar refractivity (Wildman–Crippen MR) is 60.4 cm³/mol. The Balaban J connectivity index is 3.04. The van der Waals surface area contributed by atoms with E-state index in [2.05, 4.69) is 6.58 Å². The van der Waals surface area contributed by atoms with Crippen molar-refractivity contribution < 1.29 is 13.9 Å². The van der Waals surface area contributed by atoms with Crippen LogP contribution in [0, 0.1) is 18.6 Å². The van der Waals surface area contributed by atoms with Crippen LogP contribution in [-0.4, -0.2) is 5.11 Å². The van der Waals surface area contributed by atoms with E-state index in [1.54, 1.807) is 6.92 Å². The molecule has 0 aliphatic rings. The number of phenolic OH excluding ortho intramolecular Hbond substituents is 1. The Morgan fingerprint density at radius 1 is 1.25 bits per heavy atom. The monoisotopic (exact) mass is 220 g/mol. The van der Waals surface area contributed by atoms with E-state index < -0.39 is 11.6 Å². The lowest BCUT2D eigenvalue weighted by atomic mass is 9.99. The Bertz CT molecular complexity index is 588. The van der Waals surface area contributed by atoms with Crippen molar-refractivity contribution in [3.63, 3.8) is 0 Å². The van der Waals surface area contributed by atoms with Gasteiger partial charge in [-0.2, -0.15) is 0 Å². The average molecular weight is 220 g/mol. The molecule has 0 spiro atoms. The van der Waals surface area contributed by atoms with Crippen LogP contribution in [-0.2, 0) is 0 Å². The predicted octanol–water partition coefficient (Wildman–Crippen LogP) is 3.78. The summed E-state index contributed by atoms with van der Waals surface area (Å²) < 4.78 is 26.8. The summed E-state index contributed by atoms with van der Waals surface area (Å²) in [6.07, 6.45) is 1.47. The molecule has 3 heteroatoms. The van der Waals surface area contributed by atoms with Crippen LogP contribution in [0.15, 0.2) is 24.8 Å². The molecule has 2 aromatic carbocycles. The molecule has 0 saturated carbocycles. The third-order valence-corrected chi connectivity index (χ3v) is 2.56. The van der Waals surface area contributed by atoms with E-state index in [9.17, 15) is 13.9 Å². The molecule has 2 aromatic rings. The minimum absolute atomic E-state index is 0.0763. The number of hydrogen-bond acceptors (Lipinski definition) is 1. The summed E-state index contributed by atoms with van der Waals surface area (Å²) in [7, 11) is 0. The van der Waals surface area contributed by atoms with Crippen molar-refractivity contribution in [1.29, 1.82) is 0 Å². The molecule has 0 aromatic heterocycles. The summed E-state index contributed by atoms with van der Waals surface area (Å²) in [5.74, 6) is -1.96. The number of aromatic hydroxyl groups is 1. The summed E-state index contributed by atoms with van der Waals surface area (Å²) in [5, 5.41) is 10.0. The van der Waals surface area contributed by atoms with Crippen LogP contribution >= 0.6 is 0 Å². The minimum Gasteiger partial charge on any atom is -0.508 e. The van der Waals surface area contributed by atoms with Gasteiger partial charge in [-0.05, 0) is 41.6 Å². The van der Waals surface area contributed by atoms with E-state index in [0.717, 1.165) is 6.07 Å². The van der Waals surface area contributed by atoms with E-state index in [-0.39, 0.29) is 11.1 Å². The van der Waals surface area contributed by atoms with Gasteiger partial charge < -0.3 is 5.11 Å². The van der Waals surface area contributed by atoms with Gasteiger partial charge in [0.1, 0.15) is 5.75 Å². The summed E-state index contributed by atoms with van der Waals surface area (Å²) in [6, 6.07) is 3.83. The van der Waals surface area contributed by atoms with Gasteiger partial charge in [0.15, 0.2) is 11.6 Å². The molecule has 1 nitrogen and oxygen atoms in total. The molecule has 0 aliphatic carbocycles. The second-order valence-corrected chi connectivity index (χ2v) is 3.65. The maximum atomic E-state index is 13.6. The van der Waals surface area contributed by atoms with Crippen LogP contribution < -0.4 is 0 Å². The fraction of sp³-hybridized carbons (Fsp3) is 0.0769. The summed E-state index contributed by atoms with van der Waals surface area (Å²) in [6.45, 7) is 5.29. The lowest BCUT2D eigenvalue weighted by Gasteiger charge is -2.09. The molecular formula is C13H10F2O. The second-order valence-electron chi connectivity index (χ2n) is 3.65. The highest BCUT2D eigenvalue weighted by molar-refractivity contribution is 5.94. The number of phenols is 1. The first-order valence-electron chi connectivity index (χ1n) is 4.78. The second kappa shape index (κ2) is 3.59. The van der Waals surface area contributed by atoms with Crippen molar-refractivity contribution in [3.8, 4) is 5.75 Å². The Morgan fingerprint density at radius 3 is 2.56 bits per heavy atom. The van der Waals surface area contributed by atoms with Crippen LogP contribution in [0.1, 0.15) is 11.1 Å². The van der Waals surface area contributed by atoms with Crippen molar-refractivity contribution >= 4 is 16.8 Å². The summed E-state index contributed by atoms with van der Waals surface area (Å²) in [4.78, 5) is 0. The van der Waals surface area contributed by atoms with Gasteiger partial charge in [0.2, 0.25) is 0 Å². The zero-order valence-electron chi connectivity index (χ0n) is 8.72. The number of fused-ring (bicyclic) bond motifs is 1. The third kappa shape index (κ3) is 1.45. The van der Waals surface area contributed by atoms with E-state index in [0.29, 0.717) is 16.5 Å². The SMILES string of the molecule is C=Cc1cc(F)c(F)c2cc(O)cc(C)c12. The molecule has 0 amide bonds. The highest BCUT2D eigenvalue weighted by atomic mass is 19.2. The van der Waals surface area contributed by atoms with Crippen LogP contribution in [0.3, 0.4) is 0 Å². The zero-order chi connectivity index (χ0) is 11.9. The Morgan fingerprint density at radius 2 is 1.94 bits per heavy atom. The van der Waals surface area contributed by atoms with Gasteiger partial charge in [0.25, 0.3) is 0 Å². The molecule has 0 fully saturated rings. The highest BCUT2D eigenvalue weighted by Gasteiger charge is 2.13. The lowest BCUT2D eigenvalue weighted by Crippen LogP contribution is -1.92. The molecule has 0 saturated heterocycles. The highest BCUT2D eigenvalue weighted by Crippen LogP contribution is 2.31. The molecule has 82 valence electrons.